The summed E-state index contributed by atoms with van der Waals surface area (Å²) >= 11 is 5.92. The van der Waals surface area contributed by atoms with E-state index in [0.717, 1.165) is 53.3 Å². The van der Waals surface area contributed by atoms with E-state index in [1.54, 1.807) is 19.2 Å². The van der Waals surface area contributed by atoms with E-state index in [9.17, 15) is 4.79 Å². The van der Waals surface area contributed by atoms with E-state index in [1.165, 1.54) is 0 Å². The number of halogens is 1. The summed E-state index contributed by atoms with van der Waals surface area (Å²) in [6.45, 7) is 2.01. The Morgan fingerprint density at radius 2 is 1.80 bits per heavy atom. The Morgan fingerprint density at radius 3 is 2.63 bits per heavy atom. The molecule has 7 heteroatoms. The lowest BCUT2D eigenvalue weighted by molar-refractivity contribution is -0.120. The van der Waals surface area contributed by atoms with Gasteiger partial charge in [-0.1, -0.05) is 41.9 Å². The minimum atomic E-state index is -0.00956. The molecule has 1 N–H and O–H groups in total. The highest BCUT2D eigenvalue weighted by Crippen LogP contribution is 2.20. The fourth-order valence-electron chi connectivity index (χ4n) is 3.98. The van der Waals surface area contributed by atoms with Crippen molar-refractivity contribution in [2.45, 2.75) is 32.2 Å². The lowest BCUT2D eigenvalue weighted by Gasteiger charge is -2.11. The minimum Gasteiger partial charge on any atom is -0.497 e. The first-order valence-corrected chi connectivity index (χ1v) is 12.2. The summed E-state index contributed by atoms with van der Waals surface area (Å²) in [5.41, 5.74) is 3.03. The number of unbranched alkanes of at least 4 members (excludes halogenated alkanes) is 1. The highest BCUT2D eigenvalue weighted by Gasteiger charge is 2.11. The number of methoxy groups -OCH3 is 1. The van der Waals surface area contributed by atoms with Crippen molar-refractivity contribution in [2.75, 3.05) is 20.3 Å². The molecule has 0 spiro atoms. The van der Waals surface area contributed by atoms with E-state index < -0.39 is 0 Å². The van der Waals surface area contributed by atoms with Gasteiger partial charge in [-0.2, -0.15) is 0 Å². The zero-order valence-corrected chi connectivity index (χ0v) is 20.6. The lowest BCUT2D eigenvalue weighted by atomic mass is 10.1. The number of aromatic nitrogens is 2. The van der Waals surface area contributed by atoms with Crippen LogP contribution in [0.4, 0.5) is 0 Å². The molecular formula is C28H30ClN3O3. The van der Waals surface area contributed by atoms with Crippen LogP contribution < -0.4 is 14.8 Å². The van der Waals surface area contributed by atoms with Crippen molar-refractivity contribution < 1.29 is 14.3 Å². The Kier molecular flexibility index (Phi) is 8.63. The SMILES string of the molecule is COc1cccc(OCCCCn2c(CCNC(=O)Cc3ccc(Cl)cc3)nc3ccccc32)c1. The van der Waals surface area contributed by atoms with Gasteiger partial charge in [-0.05, 0) is 54.8 Å². The molecule has 0 bridgehead atoms. The van der Waals surface area contributed by atoms with Crippen LogP contribution in [0, 0.1) is 0 Å². The van der Waals surface area contributed by atoms with Crippen LogP contribution in [0.15, 0.2) is 72.8 Å². The van der Waals surface area contributed by atoms with Crippen molar-refractivity contribution in [2.24, 2.45) is 0 Å². The monoisotopic (exact) mass is 491 g/mol. The number of carbonyl (C=O) groups is 1. The van der Waals surface area contributed by atoms with Crippen LogP contribution in [0.25, 0.3) is 11.0 Å². The fraction of sp³-hybridized carbons (Fsp3) is 0.286. The second-order valence-corrected chi connectivity index (χ2v) is 8.74. The molecule has 4 aromatic rings. The molecule has 182 valence electrons. The van der Waals surface area contributed by atoms with Crippen molar-refractivity contribution >= 4 is 28.5 Å². The molecule has 0 unspecified atom stereocenters. The van der Waals surface area contributed by atoms with Crippen molar-refractivity contribution in [3.63, 3.8) is 0 Å². The number of rotatable bonds is 12. The average Bonchev–Trinajstić information content (AvgIpc) is 3.22. The summed E-state index contributed by atoms with van der Waals surface area (Å²) in [6, 6.07) is 23.2. The molecule has 0 aliphatic heterocycles. The number of benzene rings is 3. The molecule has 35 heavy (non-hydrogen) atoms. The molecule has 0 saturated heterocycles. The molecule has 0 radical (unpaired) electrons. The molecule has 0 aliphatic rings. The van der Waals surface area contributed by atoms with Gasteiger partial charge in [0, 0.05) is 30.6 Å². The Balaban J connectivity index is 1.29. The lowest BCUT2D eigenvalue weighted by Crippen LogP contribution is -2.28. The third kappa shape index (κ3) is 6.99. The first-order valence-electron chi connectivity index (χ1n) is 11.8. The van der Waals surface area contributed by atoms with Gasteiger partial charge in [0.2, 0.25) is 5.91 Å². The largest absolute Gasteiger partial charge is 0.497 e. The van der Waals surface area contributed by atoms with E-state index in [0.29, 0.717) is 31.0 Å². The molecular weight excluding hydrogens is 462 g/mol. The Bertz CT molecular complexity index is 1250. The normalized spacial score (nSPS) is 10.9. The van der Waals surface area contributed by atoms with Gasteiger partial charge < -0.3 is 19.4 Å². The zero-order chi connectivity index (χ0) is 24.5. The number of fused-ring (bicyclic) bond motifs is 1. The number of nitrogens with zero attached hydrogens (tertiary/aromatic N) is 2. The fourth-order valence-corrected chi connectivity index (χ4v) is 4.11. The van der Waals surface area contributed by atoms with Crippen molar-refractivity contribution in [1.29, 1.82) is 0 Å². The number of carbonyl (C=O) groups excluding carboxylic acids is 1. The minimum absolute atomic E-state index is 0.00956. The van der Waals surface area contributed by atoms with Crippen LogP contribution >= 0.6 is 11.6 Å². The maximum atomic E-state index is 12.4. The third-order valence-electron chi connectivity index (χ3n) is 5.77. The van der Waals surface area contributed by atoms with Gasteiger partial charge in [0.15, 0.2) is 0 Å². The first-order chi connectivity index (χ1) is 17.1. The number of ether oxygens (including phenoxy) is 2. The van der Waals surface area contributed by atoms with Crippen molar-refractivity contribution in [3.8, 4) is 11.5 Å². The standard InChI is InChI=1S/C28H30ClN3O3/c1-34-23-7-6-8-24(20-23)35-18-5-4-17-32-26-10-3-2-9-25(26)31-27(32)15-16-30-28(33)19-21-11-13-22(29)14-12-21/h2-3,6-14,20H,4-5,15-19H2,1H3,(H,30,33). The molecule has 0 saturated carbocycles. The highest BCUT2D eigenvalue weighted by atomic mass is 35.5. The summed E-state index contributed by atoms with van der Waals surface area (Å²) in [5.74, 6) is 2.57. The van der Waals surface area contributed by atoms with Gasteiger partial charge in [-0.15, -0.1) is 0 Å². The van der Waals surface area contributed by atoms with E-state index in [-0.39, 0.29) is 5.91 Å². The van der Waals surface area contributed by atoms with Crippen LogP contribution in [-0.2, 0) is 24.2 Å². The van der Waals surface area contributed by atoms with Crippen LogP contribution in [0.3, 0.4) is 0 Å². The second kappa shape index (κ2) is 12.3. The average molecular weight is 492 g/mol. The van der Waals surface area contributed by atoms with Gasteiger partial charge in [0.05, 0.1) is 31.2 Å². The molecule has 1 aromatic heterocycles. The van der Waals surface area contributed by atoms with E-state index >= 15 is 0 Å². The van der Waals surface area contributed by atoms with Crippen molar-refractivity contribution in [1.82, 2.24) is 14.9 Å². The van der Waals surface area contributed by atoms with E-state index in [1.807, 2.05) is 54.6 Å². The Morgan fingerprint density at radius 1 is 1.00 bits per heavy atom. The Hall–Kier alpha value is -3.51. The molecule has 3 aromatic carbocycles. The number of imidazole rings is 1. The number of hydrogen-bond acceptors (Lipinski definition) is 4. The maximum Gasteiger partial charge on any atom is 0.224 e. The predicted molar refractivity (Wildman–Crippen MR) is 139 cm³/mol. The first kappa shape index (κ1) is 24.6. The molecule has 0 atom stereocenters. The van der Waals surface area contributed by atoms with Gasteiger partial charge in [-0.25, -0.2) is 4.98 Å². The quantitative estimate of drug-likeness (QED) is 0.267. The predicted octanol–water partition coefficient (Wildman–Crippen LogP) is 5.46. The van der Waals surface area contributed by atoms with E-state index in [4.69, 9.17) is 26.1 Å². The van der Waals surface area contributed by atoms with Gasteiger partial charge in [0.1, 0.15) is 17.3 Å². The molecule has 6 nitrogen and oxygen atoms in total. The zero-order valence-electron chi connectivity index (χ0n) is 19.9. The number of amides is 1. The Labute approximate surface area is 210 Å². The molecule has 0 aliphatic carbocycles. The smallest absolute Gasteiger partial charge is 0.224 e. The topological polar surface area (TPSA) is 65.4 Å². The number of nitrogens with one attached hydrogen (secondary N) is 1. The van der Waals surface area contributed by atoms with E-state index in [2.05, 4.69) is 16.0 Å². The van der Waals surface area contributed by atoms with Crippen molar-refractivity contribution in [3.05, 3.63) is 89.2 Å². The third-order valence-corrected chi connectivity index (χ3v) is 6.02. The summed E-state index contributed by atoms with van der Waals surface area (Å²) in [7, 11) is 1.65. The van der Waals surface area contributed by atoms with Crippen LogP contribution in [0.1, 0.15) is 24.2 Å². The van der Waals surface area contributed by atoms with Gasteiger partial charge >= 0.3 is 0 Å². The summed E-state index contributed by atoms with van der Waals surface area (Å²) < 4.78 is 13.4. The maximum absolute atomic E-state index is 12.4. The molecule has 1 heterocycles. The van der Waals surface area contributed by atoms with Gasteiger partial charge in [-0.3, -0.25) is 4.79 Å². The van der Waals surface area contributed by atoms with Crippen LogP contribution in [0.2, 0.25) is 5.02 Å². The van der Waals surface area contributed by atoms with Crippen LogP contribution in [-0.4, -0.2) is 35.7 Å². The highest BCUT2D eigenvalue weighted by molar-refractivity contribution is 6.30. The number of para-hydroxylation sites is 2. The van der Waals surface area contributed by atoms with Crippen LogP contribution in [0.5, 0.6) is 11.5 Å². The summed E-state index contributed by atoms with van der Waals surface area (Å²) in [6.07, 6.45) is 2.88. The molecule has 1 amide bonds. The summed E-state index contributed by atoms with van der Waals surface area (Å²) in [4.78, 5) is 17.2. The molecule has 4 rings (SSSR count). The number of hydrogen-bond donors (Lipinski definition) is 1. The summed E-state index contributed by atoms with van der Waals surface area (Å²) in [5, 5.41) is 3.68. The second-order valence-electron chi connectivity index (χ2n) is 8.31. The number of aryl methyl sites for hydroxylation is 1. The van der Waals surface area contributed by atoms with Gasteiger partial charge in [0.25, 0.3) is 0 Å². The molecule has 0 fully saturated rings.